The maximum atomic E-state index is 10.4. The van der Waals surface area contributed by atoms with E-state index in [4.69, 9.17) is 4.74 Å². The van der Waals surface area contributed by atoms with Gasteiger partial charge >= 0.3 is 0 Å². The first-order valence-electron chi connectivity index (χ1n) is 6.16. The molecule has 1 atom stereocenters. The molecule has 0 aromatic carbocycles. The second kappa shape index (κ2) is 5.02. The number of aliphatic hydroxyl groups is 1. The number of pyridine rings is 1. The summed E-state index contributed by atoms with van der Waals surface area (Å²) in [5.41, 5.74) is -0.112. The van der Waals surface area contributed by atoms with Gasteiger partial charge in [0.25, 0.3) is 0 Å². The van der Waals surface area contributed by atoms with Crippen LogP contribution in [0, 0.1) is 0 Å². The van der Waals surface area contributed by atoms with E-state index >= 15 is 0 Å². The molecule has 1 aromatic rings. The second-order valence-corrected chi connectivity index (χ2v) is 4.77. The van der Waals surface area contributed by atoms with Crippen LogP contribution in [0.15, 0.2) is 18.5 Å². The van der Waals surface area contributed by atoms with Crippen molar-refractivity contribution in [3.05, 3.63) is 24.0 Å². The SMILES string of the molecule is CCOc1cncc(C(C)(O)CNC2CC2)c1. The molecule has 1 saturated carbocycles. The van der Waals surface area contributed by atoms with Crippen LogP contribution >= 0.6 is 0 Å². The molecule has 4 heteroatoms. The summed E-state index contributed by atoms with van der Waals surface area (Å²) in [6.07, 6.45) is 5.79. The summed E-state index contributed by atoms with van der Waals surface area (Å²) in [5, 5.41) is 13.7. The molecule has 1 aliphatic rings. The molecule has 1 fully saturated rings. The van der Waals surface area contributed by atoms with Crippen molar-refractivity contribution in [2.45, 2.75) is 38.3 Å². The van der Waals surface area contributed by atoms with E-state index in [1.54, 1.807) is 19.3 Å². The summed E-state index contributed by atoms with van der Waals surface area (Å²) in [6.45, 7) is 4.89. The number of ether oxygens (including phenoxy) is 1. The Morgan fingerprint density at radius 3 is 2.94 bits per heavy atom. The highest BCUT2D eigenvalue weighted by Crippen LogP contribution is 2.25. The molecule has 94 valence electrons. The van der Waals surface area contributed by atoms with E-state index in [0.29, 0.717) is 24.9 Å². The lowest BCUT2D eigenvalue weighted by Crippen LogP contribution is -2.36. The standard InChI is InChI=1S/C13H20N2O2/c1-3-17-12-6-10(7-14-8-12)13(2,16)9-15-11-4-5-11/h6-8,11,15-16H,3-5,9H2,1-2H3. The van der Waals surface area contributed by atoms with Crippen LogP contribution in [0.5, 0.6) is 5.75 Å². The number of nitrogens with zero attached hydrogens (tertiary/aromatic N) is 1. The molecular weight excluding hydrogens is 216 g/mol. The van der Waals surface area contributed by atoms with E-state index in [-0.39, 0.29) is 0 Å². The van der Waals surface area contributed by atoms with Gasteiger partial charge in [0.05, 0.1) is 12.8 Å². The molecule has 17 heavy (non-hydrogen) atoms. The molecule has 0 amide bonds. The molecule has 4 nitrogen and oxygen atoms in total. The fraction of sp³-hybridized carbons (Fsp3) is 0.615. The zero-order valence-electron chi connectivity index (χ0n) is 10.4. The van der Waals surface area contributed by atoms with Crippen molar-refractivity contribution >= 4 is 0 Å². The van der Waals surface area contributed by atoms with Crippen molar-refractivity contribution in [1.29, 1.82) is 0 Å². The first-order valence-corrected chi connectivity index (χ1v) is 6.16. The summed E-state index contributed by atoms with van der Waals surface area (Å²) in [6, 6.07) is 2.44. The molecular formula is C13H20N2O2. The lowest BCUT2D eigenvalue weighted by atomic mass is 9.97. The van der Waals surface area contributed by atoms with Crippen LogP contribution in [0.2, 0.25) is 0 Å². The van der Waals surface area contributed by atoms with E-state index in [2.05, 4.69) is 10.3 Å². The van der Waals surface area contributed by atoms with Gasteiger partial charge in [0, 0.05) is 24.3 Å². The third-order valence-electron chi connectivity index (χ3n) is 2.96. The minimum atomic E-state index is -0.900. The summed E-state index contributed by atoms with van der Waals surface area (Å²) < 4.78 is 5.39. The smallest absolute Gasteiger partial charge is 0.137 e. The van der Waals surface area contributed by atoms with Gasteiger partial charge < -0.3 is 15.2 Å². The summed E-state index contributed by atoms with van der Waals surface area (Å²) in [4.78, 5) is 4.10. The predicted octanol–water partition coefficient (Wildman–Crippen LogP) is 1.44. The fourth-order valence-electron chi connectivity index (χ4n) is 1.69. The van der Waals surface area contributed by atoms with Gasteiger partial charge in [-0.15, -0.1) is 0 Å². The molecule has 0 saturated heterocycles. The van der Waals surface area contributed by atoms with Gasteiger partial charge in [0.2, 0.25) is 0 Å². The van der Waals surface area contributed by atoms with E-state index < -0.39 is 5.60 Å². The molecule has 2 rings (SSSR count). The maximum absolute atomic E-state index is 10.4. The van der Waals surface area contributed by atoms with Crippen LogP contribution in [0.4, 0.5) is 0 Å². The third-order valence-corrected chi connectivity index (χ3v) is 2.96. The van der Waals surface area contributed by atoms with E-state index in [9.17, 15) is 5.11 Å². The average molecular weight is 236 g/mol. The maximum Gasteiger partial charge on any atom is 0.137 e. The van der Waals surface area contributed by atoms with Crippen molar-refractivity contribution in [2.75, 3.05) is 13.2 Å². The van der Waals surface area contributed by atoms with Gasteiger partial charge in [-0.05, 0) is 32.8 Å². The van der Waals surface area contributed by atoms with Gasteiger partial charge in [-0.25, -0.2) is 0 Å². The molecule has 1 heterocycles. The minimum Gasteiger partial charge on any atom is -0.492 e. The number of aromatic nitrogens is 1. The number of nitrogens with one attached hydrogen (secondary N) is 1. The zero-order chi connectivity index (χ0) is 12.3. The Hall–Kier alpha value is -1.13. The molecule has 0 radical (unpaired) electrons. The predicted molar refractivity (Wildman–Crippen MR) is 66.0 cm³/mol. The highest BCUT2D eigenvalue weighted by Gasteiger charge is 2.28. The molecule has 0 bridgehead atoms. The summed E-state index contributed by atoms with van der Waals surface area (Å²) >= 11 is 0. The quantitative estimate of drug-likeness (QED) is 0.784. The minimum absolute atomic E-state index is 0.551. The van der Waals surface area contributed by atoms with Gasteiger partial charge in [-0.1, -0.05) is 0 Å². The van der Waals surface area contributed by atoms with Crippen LogP contribution in [-0.4, -0.2) is 29.3 Å². The molecule has 1 aliphatic carbocycles. The van der Waals surface area contributed by atoms with Crippen LogP contribution in [0.25, 0.3) is 0 Å². The van der Waals surface area contributed by atoms with Gasteiger partial charge in [0.1, 0.15) is 11.4 Å². The largest absolute Gasteiger partial charge is 0.492 e. The number of hydrogen-bond donors (Lipinski definition) is 2. The van der Waals surface area contributed by atoms with Crippen molar-refractivity contribution in [3.8, 4) is 5.75 Å². The second-order valence-electron chi connectivity index (χ2n) is 4.77. The molecule has 1 unspecified atom stereocenters. The zero-order valence-corrected chi connectivity index (χ0v) is 10.4. The van der Waals surface area contributed by atoms with Gasteiger partial charge in [0.15, 0.2) is 0 Å². The Labute approximate surface area is 102 Å². The lowest BCUT2D eigenvalue weighted by molar-refractivity contribution is 0.0559. The van der Waals surface area contributed by atoms with Crippen molar-refractivity contribution < 1.29 is 9.84 Å². The first kappa shape index (κ1) is 12.3. The van der Waals surface area contributed by atoms with Crippen LogP contribution in [0.1, 0.15) is 32.3 Å². The normalized spacial score (nSPS) is 18.8. The van der Waals surface area contributed by atoms with Crippen LogP contribution < -0.4 is 10.1 Å². The lowest BCUT2D eigenvalue weighted by Gasteiger charge is -2.24. The molecule has 2 N–H and O–H groups in total. The summed E-state index contributed by atoms with van der Waals surface area (Å²) in [5.74, 6) is 0.705. The van der Waals surface area contributed by atoms with Gasteiger partial charge in [-0.2, -0.15) is 0 Å². The molecule has 0 spiro atoms. The van der Waals surface area contributed by atoms with Crippen LogP contribution in [0.3, 0.4) is 0 Å². The Balaban J connectivity index is 2.04. The molecule has 0 aliphatic heterocycles. The van der Waals surface area contributed by atoms with Crippen molar-refractivity contribution in [1.82, 2.24) is 10.3 Å². The van der Waals surface area contributed by atoms with Gasteiger partial charge in [-0.3, -0.25) is 4.98 Å². The average Bonchev–Trinajstić information content (AvgIpc) is 3.11. The van der Waals surface area contributed by atoms with E-state index in [0.717, 1.165) is 5.56 Å². The Kier molecular flexibility index (Phi) is 3.64. The number of rotatable bonds is 6. The summed E-state index contributed by atoms with van der Waals surface area (Å²) in [7, 11) is 0. The first-order chi connectivity index (χ1) is 8.12. The Morgan fingerprint density at radius 1 is 1.53 bits per heavy atom. The van der Waals surface area contributed by atoms with Crippen LogP contribution in [-0.2, 0) is 5.60 Å². The highest BCUT2D eigenvalue weighted by atomic mass is 16.5. The van der Waals surface area contributed by atoms with E-state index in [1.807, 2.05) is 13.0 Å². The number of hydrogen-bond acceptors (Lipinski definition) is 4. The Morgan fingerprint density at radius 2 is 2.29 bits per heavy atom. The monoisotopic (exact) mass is 236 g/mol. The fourth-order valence-corrected chi connectivity index (χ4v) is 1.69. The highest BCUT2D eigenvalue weighted by molar-refractivity contribution is 5.28. The Bertz CT molecular complexity index is 375. The van der Waals surface area contributed by atoms with Crippen molar-refractivity contribution in [3.63, 3.8) is 0 Å². The molecule has 1 aromatic heterocycles. The van der Waals surface area contributed by atoms with Crippen molar-refractivity contribution in [2.24, 2.45) is 0 Å². The topological polar surface area (TPSA) is 54.4 Å². The third kappa shape index (κ3) is 3.41. The van der Waals surface area contributed by atoms with E-state index in [1.165, 1.54) is 12.8 Å².